The monoisotopic (exact) mass is 721 g/mol. The van der Waals surface area contributed by atoms with Crippen LogP contribution in [0.4, 0.5) is 10.1 Å². The summed E-state index contributed by atoms with van der Waals surface area (Å²) in [6.07, 6.45) is 4.73. The van der Waals surface area contributed by atoms with E-state index >= 15 is 0 Å². The van der Waals surface area contributed by atoms with Crippen molar-refractivity contribution in [3.8, 4) is 28.1 Å². The van der Waals surface area contributed by atoms with Gasteiger partial charge in [-0.15, -0.1) is 0 Å². The predicted octanol–water partition coefficient (Wildman–Crippen LogP) is 6.54. The average molecular weight is 723 g/mol. The maximum absolute atomic E-state index is 13.5. The molecule has 4 heterocycles. The highest BCUT2D eigenvalue weighted by molar-refractivity contribution is 6.39. The molecule has 4 aromatic rings. The molecule has 0 bridgehead atoms. The number of likely N-dealkylation sites (tertiary alicyclic amines) is 1. The van der Waals surface area contributed by atoms with Crippen LogP contribution in [0.2, 0.25) is 10.0 Å². The van der Waals surface area contributed by atoms with Gasteiger partial charge in [-0.2, -0.15) is 0 Å². The van der Waals surface area contributed by atoms with Crippen molar-refractivity contribution >= 4 is 40.7 Å². The van der Waals surface area contributed by atoms with Gasteiger partial charge in [0.05, 0.1) is 40.9 Å². The highest BCUT2D eigenvalue weighted by atomic mass is 35.5. The lowest BCUT2D eigenvalue weighted by atomic mass is 10.0. The van der Waals surface area contributed by atoms with Gasteiger partial charge >= 0.3 is 0 Å². The van der Waals surface area contributed by atoms with Crippen molar-refractivity contribution in [3.63, 3.8) is 0 Å². The topological polar surface area (TPSA) is 105 Å². The molecule has 13 heteroatoms. The van der Waals surface area contributed by atoms with Crippen molar-refractivity contribution < 1.29 is 18.7 Å². The summed E-state index contributed by atoms with van der Waals surface area (Å²) in [6, 6.07) is 13.4. The lowest BCUT2D eigenvalue weighted by Crippen LogP contribution is -2.43. The third-order valence-corrected chi connectivity index (χ3v) is 10.4. The molecule has 1 saturated heterocycles. The normalized spacial score (nSPS) is 15.2. The highest BCUT2D eigenvalue weighted by Gasteiger charge is 2.26. The fraction of sp³-hybridized carbons (Fsp3) is 0.405. The van der Waals surface area contributed by atoms with Crippen molar-refractivity contribution in [2.75, 3.05) is 45.3 Å². The van der Waals surface area contributed by atoms with E-state index in [1.807, 2.05) is 46.8 Å². The van der Waals surface area contributed by atoms with Crippen LogP contribution in [0, 0.1) is 0 Å². The number of fused-ring (bicyclic) bond motifs is 1. The molecule has 2 amide bonds. The van der Waals surface area contributed by atoms with Gasteiger partial charge in [0, 0.05) is 99.8 Å². The molecular formula is C37H42Cl2FN7O3. The maximum atomic E-state index is 13.5. The summed E-state index contributed by atoms with van der Waals surface area (Å²) in [5.41, 5.74) is 5.95. The van der Waals surface area contributed by atoms with Gasteiger partial charge in [0.25, 0.3) is 5.91 Å². The molecule has 2 aromatic heterocycles. The van der Waals surface area contributed by atoms with Crippen LogP contribution < -0.4 is 15.4 Å². The molecule has 2 aliphatic heterocycles. The summed E-state index contributed by atoms with van der Waals surface area (Å²) in [4.78, 5) is 38.5. The van der Waals surface area contributed by atoms with Crippen LogP contribution in [-0.4, -0.2) is 82.2 Å². The van der Waals surface area contributed by atoms with E-state index in [4.69, 9.17) is 27.9 Å². The Bertz CT molecular complexity index is 1880. The summed E-state index contributed by atoms with van der Waals surface area (Å²) in [5, 5.41) is 7.31. The maximum Gasteiger partial charge on any atom is 0.291 e. The molecule has 6 rings (SSSR count). The smallest absolute Gasteiger partial charge is 0.291 e. The van der Waals surface area contributed by atoms with Gasteiger partial charge in [0.2, 0.25) is 5.91 Å². The molecule has 50 heavy (non-hydrogen) atoms. The second kappa shape index (κ2) is 15.9. The molecule has 0 unspecified atom stereocenters. The molecule has 0 atom stereocenters. The number of pyridine rings is 1. The zero-order chi connectivity index (χ0) is 35.4. The number of nitrogens with zero attached hydrogens (tertiary/aromatic N) is 5. The molecule has 2 N–H and O–H groups in total. The van der Waals surface area contributed by atoms with Crippen molar-refractivity contribution in [1.82, 2.24) is 29.7 Å². The van der Waals surface area contributed by atoms with E-state index in [1.54, 1.807) is 32.4 Å². The Balaban J connectivity index is 1.18. The van der Waals surface area contributed by atoms with Gasteiger partial charge in [0.1, 0.15) is 5.75 Å². The lowest BCUT2D eigenvalue weighted by molar-refractivity contribution is -0.129. The van der Waals surface area contributed by atoms with E-state index in [-0.39, 0.29) is 18.5 Å². The Kier molecular flexibility index (Phi) is 11.4. The van der Waals surface area contributed by atoms with Gasteiger partial charge in [-0.1, -0.05) is 47.5 Å². The average Bonchev–Trinajstić information content (AvgIpc) is 3.46. The van der Waals surface area contributed by atoms with E-state index in [0.717, 1.165) is 61.4 Å². The first-order valence-corrected chi connectivity index (χ1v) is 17.7. The van der Waals surface area contributed by atoms with Gasteiger partial charge in [-0.3, -0.25) is 23.9 Å². The number of halogens is 3. The molecule has 0 radical (unpaired) electrons. The Labute approximate surface area is 301 Å². The van der Waals surface area contributed by atoms with E-state index in [9.17, 15) is 14.0 Å². The minimum absolute atomic E-state index is 0.123. The number of alkyl halides is 1. The molecule has 2 aromatic carbocycles. The van der Waals surface area contributed by atoms with Crippen LogP contribution in [-0.2, 0) is 31.4 Å². The second-order valence-corrected chi connectivity index (χ2v) is 13.5. The highest BCUT2D eigenvalue weighted by Crippen LogP contribution is 2.41. The van der Waals surface area contributed by atoms with Gasteiger partial charge < -0.3 is 24.8 Å². The minimum atomic E-state index is -0.374. The lowest BCUT2D eigenvalue weighted by Gasteiger charge is -2.32. The Morgan fingerprint density at radius 3 is 2.58 bits per heavy atom. The molecule has 1 fully saturated rings. The molecule has 0 saturated carbocycles. The quantitative estimate of drug-likeness (QED) is 0.181. The van der Waals surface area contributed by atoms with E-state index < -0.39 is 0 Å². The number of anilines is 1. The summed E-state index contributed by atoms with van der Waals surface area (Å²) in [6.45, 7) is 5.47. The number of nitrogens with one attached hydrogen (secondary N) is 2. The number of aromatic nitrogens is 3. The summed E-state index contributed by atoms with van der Waals surface area (Å²) in [5.74, 6) is 0.754. The number of carbonyl (C=O) groups is 2. The van der Waals surface area contributed by atoms with Crippen LogP contribution in [0.15, 0.2) is 48.7 Å². The number of carbonyl (C=O) groups excluding carboxylic acids is 2. The fourth-order valence-corrected chi connectivity index (χ4v) is 7.42. The first kappa shape index (κ1) is 35.8. The molecule has 0 spiro atoms. The van der Waals surface area contributed by atoms with Crippen LogP contribution >= 0.6 is 23.2 Å². The number of imidazole rings is 1. The van der Waals surface area contributed by atoms with E-state index in [0.29, 0.717) is 76.2 Å². The number of piperidine rings is 1. The number of methoxy groups -OCH3 is 1. The Hall–Kier alpha value is -4.03. The van der Waals surface area contributed by atoms with Gasteiger partial charge in [0.15, 0.2) is 5.82 Å². The van der Waals surface area contributed by atoms with E-state index in [1.165, 1.54) is 0 Å². The fourth-order valence-electron chi connectivity index (χ4n) is 6.82. The number of hydrogen-bond donors (Lipinski definition) is 2. The number of benzene rings is 2. The third-order valence-electron chi connectivity index (χ3n) is 9.65. The first-order chi connectivity index (χ1) is 24.2. The summed E-state index contributed by atoms with van der Waals surface area (Å²) < 4.78 is 20.3. The standard InChI is InChI=1S/C37H42Cl2FN7O3/c1-23(48)47-18-11-26(12-19-47)42-21-25-9-8-24(20-32(25)50-3)35-34(39)28(10-15-41-35)27-6-4-7-29(33(27)38)44-37(49)36-43-30-22-46(16-5-14-40)17-13-31(30)45(36)2/h4,6-10,15,20,26,42H,5,11-14,16-19,21-22H2,1-3H3,(H,44,49). The number of amides is 2. The molecule has 264 valence electrons. The number of rotatable bonds is 11. The van der Waals surface area contributed by atoms with Crippen LogP contribution in [0.5, 0.6) is 5.75 Å². The van der Waals surface area contributed by atoms with Crippen molar-refractivity contribution in [3.05, 3.63) is 81.5 Å². The van der Waals surface area contributed by atoms with Gasteiger partial charge in [-0.05, 0) is 37.5 Å². The molecule has 10 nitrogen and oxygen atoms in total. The molecular weight excluding hydrogens is 680 g/mol. The largest absolute Gasteiger partial charge is 0.496 e. The molecule has 2 aliphatic rings. The van der Waals surface area contributed by atoms with Crippen molar-refractivity contribution in [2.24, 2.45) is 7.05 Å². The number of ether oxygens (including phenoxy) is 1. The zero-order valence-electron chi connectivity index (χ0n) is 28.6. The minimum Gasteiger partial charge on any atom is -0.496 e. The van der Waals surface area contributed by atoms with Crippen LogP contribution in [0.3, 0.4) is 0 Å². The third kappa shape index (κ3) is 7.66. The SMILES string of the molecule is COc1cc(-c2nccc(-c3cccc(NC(=O)c4nc5c(n4C)CCN(CCCF)C5)c3Cl)c2Cl)ccc1CNC1CCN(C(C)=O)CC1. The second-order valence-electron chi connectivity index (χ2n) is 12.8. The zero-order valence-corrected chi connectivity index (χ0v) is 30.1. The van der Waals surface area contributed by atoms with E-state index in [2.05, 4.69) is 25.5 Å². The Morgan fingerprint density at radius 2 is 1.84 bits per heavy atom. The van der Waals surface area contributed by atoms with Crippen LogP contribution in [0.25, 0.3) is 22.4 Å². The van der Waals surface area contributed by atoms with Gasteiger partial charge in [-0.25, -0.2) is 4.98 Å². The van der Waals surface area contributed by atoms with Crippen molar-refractivity contribution in [1.29, 1.82) is 0 Å². The first-order valence-electron chi connectivity index (χ1n) is 16.9. The summed E-state index contributed by atoms with van der Waals surface area (Å²) in [7, 11) is 3.48. The Morgan fingerprint density at radius 1 is 1.06 bits per heavy atom. The molecule has 0 aliphatic carbocycles. The predicted molar refractivity (Wildman–Crippen MR) is 195 cm³/mol. The summed E-state index contributed by atoms with van der Waals surface area (Å²) >= 11 is 14.0. The van der Waals surface area contributed by atoms with Crippen molar-refractivity contribution in [2.45, 2.75) is 51.7 Å². The van der Waals surface area contributed by atoms with Crippen LogP contribution in [0.1, 0.15) is 53.8 Å². The number of hydrogen-bond acceptors (Lipinski definition) is 7.